The van der Waals surface area contributed by atoms with E-state index in [1.165, 1.54) is 243 Å². The number of benzene rings is 20. The molecule has 0 aliphatic heterocycles. The summed E-state index contributed by atoms with van der Waals surface area (Å²) in [5, 5.41) is 13.6. The van der Waals surface area contributed by atoms with Gasteiger partial charge in [-0.15, -0.1) is 0 Å². The molecule has 0 nitrogen and oxygen atoms in total. The van der Waals surface area contributed by atoms with E-state index in [9.17, 15) is 0 Å². The molecular formula is C130H110. The fourth-order valence-electron chi connectivity index (χ4n) is 23.1. The van der Waals surface area contributed by atoms with Crippen LogP contribution in [0.5, 0.6) is 0 Å². The predicted molar refractivity (Wildman–Crippen MR) is 559 cm³/mol. The van der Waals surface area contributed by atoms with Crippen LogP contribution in [0.4, 0.5) is 0 Å². The van der Waals surface area contributed by atoms with Crippen molar-refractivity contribution in [2.75, 3.05) is 0 Å². The Bertz CT molecular complexity index is 7520. The molecule has 0 heterocycles. The quantitative estimate of drug-likeness (QED) is 0.142. The minimum atomic E-state index is 1.06. The monoisotopic (exact) mass is 1670 g/mol. The van der Waals surface area contributed by atoms with E-state index < -0.39 is 0 Å². The molecular weight excluding hydrogens is 1560 g/mol. The first-order valence-corrected chi connectivity index (χ1v) is 48.2. The van der Waals surface area contributed by atoms with Gasteiger partial charge in [0.1, 0.15) is 0 Å². The summed E-state index contributed by atoms with van der Waals surface area (Å²) in [5.74, 6) is 0. The van der Waals surface area contributed by atoms with Crippen molar-refractivity contribution in [1.82, 2.24) is 0 Å². The van der Waals surface area contributed by atoms with Crippen LogP contribution in [0, 0.1) is 0 Å². The summed E-state index contributed by atoms with van der Waals surface area (Å²) in [4.78, 5) is 0. The second-order valence-electron chi connectivity index (χ2n) is 34.9. The van der Waals surface area contributed by atoms with E-state index in [4.69, 9.17) is 0 Å². The lowest BCUT2D eigenvalue weighted by molar-refractivity contribution is 1.16. The molecule has 10 aliphatic carbocycles. The van der Waals surface area contributed by atoms with Crippen LogP contribution in [0.15, 0.2) is 364 Å². The number of rotatable bonds is 0. The van der Waals surface area contributed by atoms with Crippen LogP contribution in [0.1, 0.15) is 181 Å². The lowest BCUT2D eigenvalue weighted by Crippen LogP contribution is -1.91. The van der Waals surface area contributed by atoms with Crippen molar-refractivity contribution in [3.8, 4) is 111 Å². The summed E-state index contributed by atoms with van der Waals surface area (Å²) in [6.45, 7) is 20.0. The van der Waals surface area contributed by atoms with Crippen molar-refractivity contribution in [3.63, 3.8) is 0 Å². The highest BCUT2D eigenvalue weighted by atomic mass is 14.4. The first kappa shape index (κ1) is 82.7. The lowest BCUT2D eigenvalue weighted by Gasteiger charge is -2.09. The molecule has 0 radical (unpaired) electrons. The molecule has 630 valence electrons. The van der Waals surface area contributed by atoms with Crippen LogP contribution in [0.2, 0.25) is 0 Å². The van der Waals surface area contributed by atoms with Crippen LogP contribution < -0.4 is 0 Å². The molecule has 0 unspecified atom stereocenters. The Hall–Kier alpha value is -14.3. The summed E-state index contributed by atoms with van der Waals surface area (Å²) >= 11 is 0. The topological polar surface area (TPSA) is 0 Å². The third-order valence-electron chi connectivity index (χ3n) is 28.6. The summed E-state index contributed by atoms with van der Waals surface area (Å²) in [6.07, 6.45) is 10.7. The largest absolute Gasteiger partial charge is 0.0683 e. The van der Waals surface area contributed by atoms with Crippen LogP contribution in [0.25, 0.3) is 165 Å². The Morgan fingerprint density at radius 2 is 0.331 bits per heavy atom. The van der Waals surface area contributed by atoms with Gasteiger partial charge in [-0.2, -0.15) is 0 Å². The van der Waals surface area contributed by atoms with Gasteiger partial charge in [0, 0.05) is 0 Å². The minimum absolute atomic E-state index is 1.06. The molecule has 0 saturated carbocycles. The second kappa shape index (κ2) is 35.0. The molecule has 0 spiro atoms. The highest BCUT2D eigenvalue weighted by Gasteiger charge is 2.34. The minimum Gasteiger partial charge on any atom is -0.0683 e. The highest BCUT2D eigenvalue weighted by Crippen LogP contribution is 2.54. The van der Waals surface area contributed by atoms with E-state index in [1.807, 2.05) is 69.2 Å². The van der Waals surface area contributed by atoms with E-state index in [-0.39, 0.29) is 0 Å². The molecule has 0 saturated heterocycles. The maximum Gasteiger partial charge on any atom is -0.000421 e. The van der Waals surface area contributed by atoms with Crippen molar-refractivity contribution in [1.29, 1.82) is 0 Å². The molecule has 0 N–H and O–H groups in total. The van der Waals surface area contributed by atoms with Gasteiger partial charge < -0.3 is 0 Å². The van der Waals surface area contributed by atoms with Crippen LogP contribution in [-0.2, 0) is 64.2 Å². The Kier molecular flexibility index (Phi) is 22.3. The second-order valence-corrected chi connectivity index (χ2v) is 34.9. The van der Waals surface area contributed by atoms with E-state index in [1.54, 1.807) is 33.4 Å². The summed E-state index contributed by atoms with van der Waals surface area (Å²) in [7, 11) is 0. The average molecular weight is 1670 g/mol. The molecule has 0 bridgehead atoms. The average Bonchev–Trinajstić information content (AvgIpc) is 1.57. The molecule has 0 heteroatoms. The Morgan fingerprint density at radius 3 is 0.708 bits per heavy atom. The Morgan fingerprint density at radius 1 is 0.115 bits per heavy atom. The maximum atomic E-state index is 2.45. The Labute approximate surface area is 768 Å². The first-order valence-electron chi connectivity index (χ1n) is 48.2. The van der Waals surface area contributed by atoms with Gasteiger partial charge in [-0.25, -0.2) is 0 Å². The van der Waals surface area contributed by atoms with Crippen LogP contribution in [-0.4, -0.2) is 0 Å². The Balaban J connectivity index is 0.0000000959. The molecule has 10 aliphatic rings. The molecule has 0 amide bonds. The summed E-state index contributed by atoms with van der Waals surface area (Å²) in [5.41, 5.74) is 58.8. The normalized spacial score (nSPS) is 12.7. The zero-order valence-electron chi connectivity index (χ0n) is 76.7. The van der Waals surface area contributed by atoms with E-state index >= 15 is 0 Å². The van der Waals surface area contributed by atoms with Gasteiger partial charge in [-0.05, 0) is 377 Å². The fraction of sp³-hybridized carbons (Fsp3) is 0.154. The predicted octanol–water partition coefficient (Wildman–Crippen LogP) is 35.0. The molecule has 0 fully saturated rings. The van der Waals surface area contributed by atoms with Gasteiger partial charge in [0.25, 0.3) is 0 Å². The molecule has 20 aromatic carbocycles. The molecule has 0 atom stereocenters. The van der Waals surface area contributed by atoms with Crippen molar-refractivity contribution in [2.24, 2.45) is 0 Å². The standard InChI is InChI=1S/5C24H16.5C2H6/c2*1-4-8-19-15(5-1)9-10-17-14-23-21(24(17)19)12-11-20-18-7-3-2-6-16(18)13-22(20)23;1-3-7-17-15(5-1)9-10-20-21-12-11-19-18-8-4-2-6-16(18)13-22(19)24(21)14-23(17)20;2*1-2-6-16-12-23-18(9-15(16)5-1)11-20-13-22-19(14-24(20)23)10-17-7-3-4-8-21(17)22;5*1-2/h3*1-12H,13-14H2;2*1-9,12-14H,10-11H2;5*1-2H3. The number of fused-ring (bicyclic) bond motifs is 41. The van der Waals surface area contributed by atoms with Gasteiger partial charge >= 0.3 is 0 Å². The van der Waals surface area contributed by atoms with Gasteiger partial charge in [-0.1, -0.05) is 397 Å². The van der Waals surface area contributed by atoms with Crippen molar-refractivity contribution >= 4 is 53.9 Å². The van der Waals surface area contributed by atoms with E-state index in [0.29, 0.717) is 0 Å². The molecule has 0 aromatic heterocycles. The fourth-order valence-corrected chi connectivity index (χ4v) is 23.1. The number of hydrogen-bond donors (Lipinski definition) is 0. The van der Waals surface area contributed by atoms with E-state index in [2.05, 4.69) is 364 Å². The summed E-state index contributed by atoms with van der Waals surface area (Å²) < 4.78 is 0. The first-order chi connectivity index (χ1) is 64.4. The zero-order chi connectivity index (χ0) is 88.4. The van der Waals surface area contributed by atoms with Gasteiger partial charge in [0.2, 0.25) is 0 Å². The van der Waals surface area contributed by atoms with E-state index in [0.717, 1.165) is 64.2 Å². The third-order valence-corrected chi connectivity index (χ3v) is 28.6. The van der Waals surface area contributed by atoms with Crippen LogP contribution in [0.3, 0.4) is 0 Å². The van der Waals surface area contributed by atoms with Crippen molar-refractivity contribution in [2.45, 2.75) is 133 Å². The van der Waals surface area contributed by atoms with Gasteiger partial charge in [-0.3, -0.25) is 0 Å². The zero-order valence-corrected chi connectivity index (χ0v) is 76.7. The SMILES string of the molecule is CC.CC.CC.CC.CC.c1ccc2c(c1)Cc1c-2ccc2c1Cc1c-2ccc2ccccc12.c1ccc2c(c1)Cc1c-2ccc2c1Cc1ccc3ccccc3c1-2.c1ccc2c(c1)Cc1c-2ccc2c1Cc1ccc3ccccc3c1-2.c1ccc2c(c1)Cc1cc3c(cc1-2)Cc1cc2ccccc2cc1-3.c1ccc2c(c1)Cc1cc3c(cc1-2)Cc1cc2ccccc2cc1-3. The highest BCUT2D eigenvalue weighted by molar-refractivity contribution is 6.06. The van der Waals surface area contributed by atoms with Crippen molar-refractivity contribution < 1.29 is 0 Å². The molecule has 20 aromatic rings. The van der Waals surface area contributed by atoms with Gasteiger partial charge in [0.05, 0.1) is 0 Å². The molecule has 30 rings (SSSR count). The third kappa shape index (κ3) is 14.0. The smallest absolute Gasteiger partial charge is 0.000421 e. The van der Waals surface area contributed by atoms with Crippen LogP contribution >= 0.6 is 0 Å². The lowest BCUT2D eigenvalue weighted by atomic mass is 9.95. The maximum absolute atomic E-state index is 2.45. The molecule has 130 heavy (non-hydrogen) atoms. The number of hydrogen-bond acceptors (Lipinski definition) is 0. The summed E-state index contributed by atoms with van der Waals surface area (Å²) in [6, 6.07) is 135. The van der Waals surface area contributed by atoms with Crippen molar-refractivity contribution in [3.05, 3.63) is 475 Å². The van der Waals surface area contributed by atoms with Gasteiger partial charge in [0.15, 0.2) is 0 Å².